The van der Waals surface area contributed by atoms with Crippen molar-refractivity contribution in [2.24, 2.45) is 0 Å². The van der Waals surface area contributed by atoms with Crippen molar-refractivity contribution in [2.45, 2.75) is 18.3 Å². The summed E-state index contributed by atoms with van der Waals surface area (Å²) in [7, 11) is 0. The topological polar surface area (TPSA) is 72.5 Å². The highest BCUT2D eigenvalue weighted by atomic mass is 35.5. The average Bonchev–Trinajstić information content (AvgIpc) is 3.43. The first-order valence-electron chi connectivity index (χ1n) is 7.84. The third kappa shape index (κ3) is 3.88. The van der Waals surface area contributed by atoms with Crippen molar-refractivity contribution in [3.05, 3.63) is 70.7 Å². The molecule has 25 heavy (non-hydrogen) atoms. The van der Waals surface area contributed by atoms with Crippen LogP contribution in [0.2, 0.25) is 5.02 Å². The molecule has 1 fully saturated rings. The normalized spacial score (nSPS) is 14.4. The third-order valence-corrected chi connectivity index (χ3v) is 4.41. The molecule has 0 radical (unpaired) electrons. The predicted octanol–water partition coefficient (Wildman–Crippen LogP) is 2.87. The number of rotatable bonds is 5. The maximum Gasteiger partial charge on any atom is 0.317 e. The van der Waals surface area contributed by atoms with Crippen LogP contribution in [0.1, 0.15) is 28.8 Å². The van der Waals surface area contributed by atoms with Crippen LogP contribution in [0, 0.1) is 0 Å². The lowest BCUT2D eigenvalue weighted by atomic mass is 9.96. The van der Waals surface area contributed by atoms with Crippen LogP contribution in [0.4, 0.5) is 0 Å². The summed E-state index contributed by atoms with van der Waals surface area (Å²) in [6.07, 6.45) is 1.33. The Morgan fingerprint density at radius 1 is 1.00 bits per heavy atom. The van der Waals surface area contributed by atoms with Gasteiger partial charge in [0.05, 0.1) is 5.41 Å². The van der Waals surface area contributed by atoms with Gasteiger partial charge in [-0.15, -0.1) is 0 Å². The minimum Gasteiger partial charge on any atom is -0.455 e. The fraction of sp³-hybridized carbons (Fsp3) is 0.211. The fourth-order valence-corrected chi connectivity index (χ4v) is 2.72. The number of imide groups is 1. The van der Waals surface area contributed by atoms with E-state index < -0.39 is 29.8 Å². The molecule has 1 saturated carbocycles. The average molecular weight is 358 g/mol. The molecule has 2 aromatic carbocycles. The Labute approximate surface area is 149 Å². The maximum atomic E-state index is 12.4. The fourth-order valence-electron chi connectivity index (χ4n) is 2.60. The lowest BCUT2D eigenvalue weighted by Gasteiger charge is -2.14. The summed E-state index contributed by atoms with van der Waals surface area (Å²) in [5, 5.41) is 2.79. The number of hydrogen-bond acceptors (Lipinski definition) is 4. The van der Waals surface area contributed by atoms with E-state index in [1.807, 2.05) is 0 Å². The number of halogens is 1. The smallest absolute Gasteiger partial charge is 0.317 e. The second-order valence-electron chi connectivity index (χ2n) is 5.91. The second kappa shape index (κ2) is 7.07. The van der Waals surface area contributed by atoms with Crippen LogP contribution < -0.4 is 5.32 Å². The van der Waals surface area contributed by atoms with Gasteiger partial charge in [0.2, 0.25) is 0 Å². The summed E-state index contributed by atoms with van der Waals surface area (Å²) in [6.45, 7) is -0.493. The molecule has 5 nitrogen and oxygen atoms in total. The van der Waals surface area contributed by atoms with Crippen molar-refractivity contribution in [1.29, 1.82) is 0 Å². The van der Waals surface area contributed by atoms with Crippen LogP contribution in [-0.2, 0) is 19.7 Å². The number of hydrogen-bond donors (Lipinski definition) is 1. The largest absolute Gasteiger partial charge is 0.455 e. The molecule has 0 unspecified atom stereocenters. The highest BCUT2D eigenvalue weighted by Gasteiger charge is 2.52. The van der Waals surface area contributed by atoms with Gasteiger partial charge in [0.15, 0.2) is 6.61 Å². The first-order chi connectivity index (χ1) is 12.0. The van der Waals surface area contributed by atoms with Crippen LogP contribution in [0.15, 0.2) is 54.6 Å². The van der Waals surface area contributed by atoms with Gasteiger partial charge in [-0.2, -0.15) is 0 Å². The highest BCUT2D eigenvalue weighted by molar-refractivity contribution is 6.30. The predicted molar refractivity (Wildman–Crippen MR) is 92.2 cm³/mol. The van der Waals surface area contributed by atoms with E-state index in [0.717, 1.165) is 5.56 Å². The van der Waals surface area contributed by atoms with Gasteiger partial charge in [-0.1, -0.05) is 41.9 Å². The number of carbonyl (C=O) groups is 3. The first kappa shape index (κ1) is 17.2. The summed E-state index contributed by atoms with van der Waals surface area (Å²) < 4.78 is 5.12. The molecule has 1 N–H and O–H groups in total. The molecule has 6 heteroatoms. The van der Waals surface area contributed by atoms with E-state index >= 15 is 0 Å². The van der Waals surface area contributed by atoms with Crippen molar-refractivity contribution in [1.82, 2.24) is 5.32 Å². The summed E-state index contributed by atoms with van der Waals surface area (Å²) in [4.78, 5) is 36.1. The van der Waals surface area contributed by atoms with E-state index in [9.17, 15) is 14.4 Å². The SMILES string of the molecule is O=C(COC(=O)C1(c2ccc(Cl)cc2)CC1)NC(=O)c1ccccc1. The first-order valence-corrected chi connectivity index (χ1v) is 8.21. The van der Waals surface area contributed by atoms with Crippen LogP contribution in [0.3, 0.4) is 0 Å². The third-order valence-electron chi connectivity index (χ3n) is 4.16. The van der Waals surface area contributed by atoms with Gasteiger partial charge >= 0.3 is 5.97 Å². The Kier molecular flexibility index (Phi) is 4.86. The number of benzene rings is 2. The lowest BCUT2D eigenvalue weighted by Crippen LogP contribution is -2.35. The molecule has 2 aromatic rings. The molecule has 0 saturated heterocycles. The molecular weight excluding hydrogens is 342 g/mol. The van der Waals surface area contributed by atoms with E-state index in [2.05, 4.69) is 5.32 Å². The van der Waals surface area contributed by atoms with Crippen LogP contribution >= 0.6 is 11.6 Å². The Morgan fingerprint density at radius 2 is 1.64 bits per heavy atom. The molecule has 128 valence electrons. The standard InChI is InChI=1S/C19H16ClNO4/c20-15-8-6-14(7-9-15)19(10-11-19)18(24)25-12-16(22)21-17(23)13-4-2-1-3-5-13/h1-9H,10-12H2,(H,21,22,23). The molecule has 3 rings (SSSR count). The molecule has 0 spiro atoms. The Balaban J connectivity index is 1.54. The summed E-state index contributed by atoms with van der Waals surface area (Å²) in [5.41, 5.74) is 0.485. The van der Waals surface area contributed by atoms with Crippen LogP contribution in [-0.4, -0.2) is 24.4 Å². The Bertz CT molecular complexity index is 798. The van der Waals surface area contributed by atoms with Crippen LogP contribution in [0.25, 0.3) is 0 Å². The van der Waals surface area contributed by atoms with E-state index in [0.29, 0.717) is 23.4 Å². The number of ether oxygens (including phenoxy) is 1. The molecule has 0 aromatic heterocycles. The lowest BCUT2D eigenvalue weighted by molar-refractivity contribution is -0.150. The van der Waals surface area contributed by atoms with Gasteiger partial charge in [-0.3, -0.25) is 19.7 Å². The van der Waals surface area contributed by atoms with E-state index in [1.165, 1.54) is 0 Å². The molecule has 0 heterocycles. The molecule has 2 amide bonds. The summed E-state index contributed by atoms with van der Waals surface area (Å²) >= 11 is 5.86. The molecular formula is C19H16ClNO4. The Morgan fingerprint density at radius 3 is 2.24 bits per heavy atom. The van der Waals surface area contributed by atoms with Gasteiger partial charge in [0.25, 0.3) is 11.8 Å². The second-order valence-corrected chi connectivity index (χ2v) is 6.34. The number of nitrogens with one attached hydrogen (secondary N) is 1. The van der Waals surface area contributed by atoms with Gasteiger partial charge in [0, 0.05) is 10.6 Å². The van der Waals surface area contributed by atoms with Crippen molar-refractivity contribution in [3.63, 3.8) is 0 Å². The molecule has 0 aliphatic heterocycles. The Hall–Kier alpha value is -2.66. The van der Waals surface area contributed by atoms with Gasteiger partial charge in [0.1, 0.15) is 0 Å². The van der Waals surface area contributed by atoms with Gasteiger partial charge < -0.3 is 4.74 Å². The van der Waals surface area contributed by atoms with Gasteiger partial charge in [-0.05, 0) is 42.7 Å². The maximum absolute atomic E-state index is 12.4. The van der Waals surface area contributed by atoms with Crippen molar-refractivity contribution in [2.75, 3.05) is 6.61 Å². The van der Waals surface area contributed by atoms with Gasteiger partial charge in [-0.25, -0.2) is 0 Å². The molecule has 1 aliphatic rings. The highest BCUT2D eigenvalue weighted by Crippen LogP contribution is 2.49. The molecule has 0 atom stereocenters. The zero-order valence-corrected chi connectivity index (χ0v) is 14.1. The zero-order chi connectivity index (χ0) is 17.9. The molecule has 0 bridgehead atoms. The van der Waals surface area contributed by atoms with E-state index in [-0.39, 0.29) is 0 Å². The molecule has 1 aliphatic carbocycles. The quantitative estimate of drug-likeness (QED) is 0.835. The zero-order valence-electron chi connectivity index (χ0n) is 13.3. The van der Waals surface area contributed by atoms with Crippen LogP contribution in [0.5, 0.6) is 0 Å². The minimum atomic E-state index is -0.700. The van der Waals surface area contributed by atoms with E-state index in [4.69, 9.17) is 16.3 Å². The van der Waals surface area contributed by atoms with Crippen molar-refractivity contribution < 1.29 is 19.1 Å². The monoisotopic (exact) mass is 357 g/mol. The van der Waals surface area contributed by atoms with Crippen molar-refractivity contribution in [3.8, 4) is 0 Å². The summed E-state index contributed by atoms with van der Waals surface area (Å²) in [6, 6.07) is 15.4. The number of carbonyl (C=O) groups excluding carboxylic acids is 3. The number of esters is 1. The minimum absolute atomic E-state index is 0.363. The van der Waals surface area contributed by atoms with E-state index in [1.54, 1.807) is 54.6 Å². The summed E-state index contributed by atoms with van der Waals surface area (Å²) in [5.74, 6) is -1.65. The van der Waals surface area contributed by atoms with Crippen molar-refractivity contribution >= 4 is 29.4 Å². The number of amides is 2.